The Morgan fingerprint density at radius 3 is 2.59 bits per heavy atom. The molecule has 0 radical (unpaired) electrons. The van der Waals surface area contributed by atoms with Gasteiger partial charge in [-0.25, -0.2) is 4.98 Å². The molecule has 1 N–H and O–H groups in total. The van der Waals surface area contributed by atoms with Crippen molar-refractivity contribution in [2.24, 2.45) is 0 Å². The Hall–Kier alpha value is -0.450. The van der Waals surface area contributed by atoms with Crippen LogP contribution in [0.3, 0.4) is 0 Å². The van der Waals surface area contributed by atoms with Gasteiger partial charge in [-0.15, -0.1) is 11.3 Å². The van der Waals surface area contributed by atoms with Gasteiger partial charge in [-0.2, -0.15) is 0 Å². The molecule has 1 aromatic heterocycles. The van der Waals surface area contributed by atoms with Gasteiger partial charge in [0.2, 0.25) is 0 Å². The summed E-state index contributed by atoms with van der Waals surface area (Å²) in [4.78, 5) is 7.00. The second-order valence-corrected chi connectivity index (χ2v) is 5.30. The Bertz CT molecular complexity index is 307. The molecule has 0 fully saturated rings. The fraction of sp³-hybridized carbons (Fsp3) is 0.769. The molecule has 0 saturated heterocycles. The topological polar surface area (TPSA) is 28.2 Å². The van der Waals surface area contributed by atoms with E-state index in [4.69, 9.17) is 0 Å². The number of hydrogen-bond donors (Lipinski definition) is 1. The van der Waals surface area contributed by atoms with E-state index in [-0.39, 0.29) is 0 Å². The van der Waals surface area contributed by atoms with E-state index >= 15 is 0 Å². The van der Waals surface area contributed by atoms with Crippen molar-refractivity contribution in [2.75, 3.05) is 19.6 Å². The standard InChI is InChI=1S/C13H25N3S/c1-5-13-15-12(10-17-13)8-14-11(4)9-16(6-2)7-3/h10-11,14H,5-9H2,1-4H3. The number of hydrogen-bond acceptors (Lipinski definition) is 4. The van der Waals surface area contributed by atoms with E-state index in [9.17, 15) is 0 Å². The van der Waals surface area contributed by atoms with Gasteiger partial charge in [0, 0.05) is 24.5 Å². The Labute approximate surface area is 109 Å². The van der Waals surface area contributed by atoms with Crippen LogP contribution in [0.4, 0.5) is 0 Å². The van der Waals surface area contributed by atoms with E-state index in [2.05, 4.69) is 48.3 Å². The predicted octanol–water partition coefficient (Wildman–Crippen LogP) is 2.53. The van der Waals surface area contributed by atoms with Gasteiger partial charge in [-0.3, -0.25) is 0 Å². The lowest BCUT2D eigenvalue weighted by Gasteiger charge is -2.23. The summed E-state index contributed by atoms with van der Waals surface area (Å²) in [5.74, 6) is 0. The van der Waals surface area contributed by atoms with Crippen LogP contribution in [-0.4, -0.2) is 35.6 Å². The zero-order valence-electron chi connectivity index (χ0n) is 11.5. The van der Waals surface area contributed by atoms with Gasteiger partial charge in [0.15, 0.2) is 0 Å². The number of aryl methyl sites for hydroxylation is 1. The first-order valence-corrected chi connectivity index (χ1v) is 7.46. The Kier molecular flexibility index (Phi) is 6.70. The molecule has 0 aliphatic carbocycles. The molecule has 1 heterocycles. The van der Waals surface area contributed by atoms with Crippen LogP contribution >= 0.6 is 11.3 Å². The highest BCUT2D eigenvalue weighted by atomic mass is 32.1. The van der Waals surface area contributed by atoms with Gasteiger partial charge in [0.1, 0.15) is 0 Å². The highest BCUT2D eigenvalue weighted by Gasteiger charge is 2.07. The Morgan fingerprint density at radius 1 is 1.35 bits per heavy atom. The highest BCUT2D eigenvalue weighted by molar-refractivity contribution is 7.09. The van der Waals surface area contributed by atoms with Gasteiger partial charge >= 0.3 is 0 Å². The van der Waals surface area contributed by atoms with Crippen molar-refractivity contribution in [3.05, 3.63) is 16.1 Å². The lowest BCUT2D eigenvalue weighted by atomic mass is 10.3. The number of nitrogens with zero attached hydrogens (tertiary/aromatic N) is 2. The first-order chi connectivity index (χ1) is 8.19. The fourth-order valence-electron chi connectivity index (χ4n) is 1.80. The van der Waals surface area contributed by atoms with Gasteiger partial charge in [-0.05, 0) is 26.4 Å². The average molecular weight is 255 g/mol. The van der Waals surface area contributed by atoms with Crippen molar-refractivity contribution in [3.63, 3.8) is 0 Å². The lowest BCUT2D eigenvalue weighted by molar-refractivity contribution is 0.270. The second kappa shape index (κ2) is 7.80. The minimum atomic E-state index is 0.515. The summed E-state index contributed by atoms with van der Waals surface area (Å²) < 4.78 is 0. The first kappa shape index (κ1) is 14.6. The third-order valence-electron chi connectivity index (χ3n) is 2.96. The van der Waals surface area contributed by atoms with Gasteiger partial charge in [0.05, 0.1) is 10.7 Å². The molecule has 4 heteroatoms. The van der Waals surface area contributed by atoms with Crippen molar-refractivity contribution >= 4 is 11.3 Å². The van der Waals surface area contributed by atoms with Crippen LogP contribution in [0.5, 0.6) is 0 Å². The molecule has 0 saturated carbocycles. The number of thiazole rings is 1. The van der Waals surface area contributed by atoms with E-state index in [1.165, 1.54) is 10.7 Å². The van der Waals surface area contributed by atoms with E-state index in [0.717, 1.165) is 32.6 Å². The summed E-state index contributed by atoms with van der Waals surface area (Å²) >= 11 is 1.76. The summed E-state index contributed by atoms with van der Waals surface area (Å²) in [5.41, 5.74) is 1.18. The highest BCUT2D eigenvalue weighted by Crippen LogP contribution is 2.09. The molecular formula is C13H25N3S. The maximum atomic E-state index is 4.56. The van der Waals surface area contributed by atoms with Gasteiger partial charge in [0.25, 0.3) is 0 Å². The van der Waals surface area contributed by atoms with Crippen molar-refractivity contribution in [1.29, 1.82) is 0 Å². The molecule has 1 atom stereocenters. The first-order valence-electron chi connectivity index (χ1n) is 6.58. The Balaban J connectivity index is 2.29. The minimum Gasteiger partial charge on any atom is -0.307 e. The van der Waals surface area contributed by atoms with Crippen LogP contribution in [0.1, 0.15) is 38.4 Å². The summed E-state index contributed by atoms with van der Waals surface area (Å²) in [6.45, 7) is 13.1. The number of nitrogens with one attached hydrogen (secondary N) is 1. The molecule has 0 aliphatic rings. The smallest absolute Gasteiger partial charge is 0.0926 e. The van der Waals surface area contributed by atoms with Crippen LogP contribution in [-0.2, 0) is 13.0 Å². The van der Waals surface area contributed by atoms with Crippen LogP contribution in [0.2, 0.25) is 0 Å². The SMILES string of the molecule is CCc1nc(CNC(C)CN(CC)CC)cs1. The Morgan fingerprint density at radius 2 is 2.06 bits per heavy atom. The minimum absolute atomic E-state index is 0.515. The molecule has 0 bridgehead atoms. The maximum absolute atomic E-state index is 4.56. The summed E-state index contributed by atoms with van der Waals surface area (Å²) in [7, 11) is 0. The summed E-state index contributed by atoms with van der Waals surface area (Å²) in [6, 6.07) is 0.515. The van der Waals surface area contributed by atoms with Crippen LogP contribution in [0.15, 0.2) is 5.38 Å². The van der Waals surface area contributed by atoms with Crippen molar-refractivity contribution < 1.29 is 0 Å². The van der Waals surface area contributed by atoms with Crippen LogP contribution < -0.4 is 5.32 Å². The molecule has 0 aliphatic heterocycles. The molecule has 3 nitrogen and oxygen atoms in total. The zero-order chi connectivity index (χ0) is 12.7. The van der Waals surface area contributed by atoms with Crippen molar-refractivity contribution in [2.45, 2.75) is 46.7 Å². The molecule has 0 aromatic carbocycles. The quantitative estimate of drug-likeness (QED) is 0.773. The van der Waals surface area contributed by atoms with Crippen LogP contribution in [0.25, 0.3) is 0 Å². The summed E-state index contributed by atoms with van der Waals surface area (Å²) in [6.07, 6.45) is 1.04. The molecule has 0 spiro atoms. The predicted molar refractivity (Wildman–Crippen MR) is 75.6 cm³/mol. The fourth-order valence-corrected chi connectivity index (χ4v) is 2.55. The zero-order valence-corrected chi connectivity index (χ0v) is 12.3. The molecule has 0 amide bonds. The molecule has 1 rings (SSSR count). The molecule has 17 heavy (non-hydrogen) atoms. The molecule has 1 unspecified atom stereocenters. The lowest BCUT2D eigenvalue weighted by Crippen LogP contribution is -2.38. The molecular weight excluding hydrogens is 230 g/mol. The maximum Gasteiger partial charge on any atom is 0.0926 e. The van der Waals surface area contributed by atoms with Gasteiger partial charge < -0.3 is 10.2 Å². The van der Waals surface area contributed by atoms with Crippen molar-refractivity contribution in [3.8, 4) is 0 Å². The van der Waals surface area contributed by atoms with E-state index in [0.29, 0.717) is 6.04 Å². The van der Waals surface area contributed by atoms with Crippen molar-refractivity contribution in [1.82, 2.24) is 15.2 Å². The van der Waals surface area contributed by atoms with E-state index in [1.807, 2.05) is 0 Å². The third-order valence-corrected chi connectivity index (χ3v) is 4.00. The normalized spacial score (nSPS) is 13.2. The molecule has 1 aromatic rings. The van der Waals surface area contributed by atoms with E-state index in [1.54, 1.807) is 11.3 Å². The van der Waals surface area contributed by atoms with Gasteiger partial charge in [-0.1, -0.05) is 20.8 Å². The number of rotatable bonds is 8. The molecule has 98 valence electrons. The second-order valence-electron chi connectivity index (χ2n) is 4.35. The van der Waals surface area contributed by atoms with E-state index < -0.39 is 0 Å². The third kappa shape index (κ3) is 5.15. The summed E-state index contributed by atoms with van der Waals surface area (Å²) in [5, 5.41) is 6.94. The number of likely N-dealkylation sites (N-methyl/N-ethyl adjacent to an activating group) is 1. The van der Waals surface area contributed by atoms with Crippen LogP contribution in [0, 0.1) is 0 Å². The number of aromatic nitrogens is 1. The largest absolute Gasteiger partial charge is 0.307 e. The monoisotopic (exact) mass is 255 g/mol. The average Bonchev–Trinajstić information content (AvgIpc) is 2.81.